The van der Waals surface area contributed by atoms with Crippen LogP contribution in [0.5, 0.6) is 0 Å². The lowest BCUT2D eigenvalue weighted by Gasteiger charge is -2.24. The second-order valence-electron chi connectivity index (χ2n) is 7.01. The fraction of sp³-hybridized carbons (Fsp3) is 0.778. The van der Waals surface area contributed by atoms with Crippen LogP contribution in [-0.4, -0.2) is 24.3 Å². The van der Waals surface area contributed by atoms with E-state index in [4.69, 9.17) is 25.8 Å². The number of ether oxygens (including phenoxy) is 3. The molecule has 0 amide bonds. The molecule has 2 aliphatic rings. The van der Waals surface area contributed by atoms with Crippen LogP contribution in [0.1, 0.15) is 71.1 Å². The molecule has 0 radical (unpaired) electrons. The maximum atomic E-state index is 12.3. The molecule has 5 N–H and O–H groups in total. The molecule has 2 rings (SSSR count). The van der Waals surface area contributed by atoms with Gasteiger partial charge in [-0.15, -0.1) is 0 Å². The van der Waals surface area contributed by atoms with E-state index in [1.54, 1.807) is 0 Å². The van der Waals surface area contributed by atoms with Crippen LogP contribution in [0.15, 0.2) is 11.6 Å². The van der Waals surface area contributed by atoms with Crippen molar-refractivity contribution in [2.75, 3.05) is 0 Å². The molecule has 0 heterocycles. The van der Waals surface area contributed by atoms with Crippen LogP contribution in [0, 0.1) is 5.92 Å². The van der Waals surface area contributed by atoms with Gasteiger partial charge in [0.2, 0.25) is 12.2 Å². The number of nitrogens with two attached hydrogens (primary N) is 2. The molecule has 8 heteroatoms. The first-order chi connectivity index (χ1) is 12.5. The zero-order valence-corrected chi connectivity index (χ0v) is 15.5. The lowest BCUT2D eigenvalue weighted by molar-refractivity contribution is -0.186. The van der Waals surface area contributed by atoms with E-state index in [1.165, 1.54) is 13.3 Å². The molecule has 0 aromatic carbocycles. The van der Waals surface area contributed by atoms with Crippen molar-refractivity contribution in [2.45, 2.75) is 83.5 Å². The molecule has 2 aliphatic carbocycles. The van der Waals surface area contributed by atoms with Crippen molar-refractivity contribution in [3.8, 4) is 0 Å². The van der Waals surface area contributed by atoms with Gasteiger partial charge in [-0.1, -0.05) is 25.7 Å². The third-order valence-corrected chi connectivity index (χ3v) is 4.93. The molecule has 2 fully saturated rings. The van der Waals surface area contributed by atoms with Gasteiger partial charge in [-0.25, -0.2) is 4.79 Å². The highest BCUT2D eigenvalue weighted by molar-refractivity contribution is 5.88. The Morgan fingerprint density at radius 3 is 2.12 bits per heavy atom. The van der Waals surface area contributed by atoms with Crippen LogP contribution in [0.3, 0.4) is 0 Å². The molecular formula is C18H31N3O5. The normalized spacial score (nSPS) is 21.3. The number of carbonyl (C=O) groups is 2. The van der Waals surface area contributed by atoms with Crippen LogP contribution >= 0.6 is 0 Å². The minimum absolute atomic E-state index is 0.0264. The Balaban J connectivity index is 1.85. The molecule has 0 spiro atoms. The second kappa shape index (κ2) is 10.3. The number of hydrogen-bond donors (Lipinski definition) is 3. The van der Waals surface area contributed by atoms with Crippen molar-refractivity contribution in [3.05, 3.63) is 11.6 Å². The largest absolute Gasteiger partial charge is 0.474 e. The molecule has 148 valence electrons. The zero-order chi connectivity index (χ0) is 18.9. The van der Waals surface area contributed by atoms with E-state index in [9.17, 15) is 9.59 Å². The van der Waals surface area contributed by atoms with Gasteiger partial charge in [0.15, 0.2) is 5.70 Å². The van der Waals surface area contributed by atoms with E-state index in [-0.39, 0.29) is 29.6 Å². The highest BCUT2D eigenvalue weighted by Crippen LogP contribution is 2.25. The maximum absolute atomic E-state index is 12.3. The molecule has 0 aromatic rings. The van der Waals surface area contributed by atoms with E-state index in [0.29, 0.717) is 0 Å². The average Bonchev–Trinajstić information content (AvgIpc) is 2.63. The van der Waals surface area contributed by atoms with Crippen LogP contribution in [0.2, 0.25) is 0 Å². The van der Waals surface area contributed by atoms with Crippen molar-refractivity contribution in [3.63, 3.8) is 0 Å². The molecule has 26 heavy (non-hydrogen) atoms. The number of carbonyl (C=O) groups excluding carboxylic acids is 2. The van der Waals surface area contributed by atoms with Gasteiger partial charge in [0.1, 0.15) is 6.10 Å². The third kappa shape index (κ3) is 6.09. The first kappa shape index (κ1) is 20.4. The van der Waals surface area contributed by atoms with Crippen LogP contribution in [0.4, 0.5) is 0 Å². The van der Waals surface area contributed by atoms with E-state index >= 15 is 0 Å². The van der Waals surface area contributed by atoms with Gasteiger partial charge in [0, 0.05) is 6.92 Å². The Labute approximate surface area is 154 Å². The van der Waals surface area contributed by atoms with E-state index in [1.807, 2.05) is 0 Å². The topological polar surface area (TPSA) is 126 Å². The average molecular weight is 369 g/mol. The van der Waals surface area contributed by atoms with Crippen LogP contribution in [-0.2, 0) is 23.8 Å². The summed E-state index contributed by atoms with van der Waals surface area (Å²) in [7, 11) is 0. The summed E-state index contributed by atoms with van der Waals surface area (Å²) < 4.78 is 16.0. The van der Waals surface area contributed by atoms with Crippen molar-refractivity contribution >= 4 is 11.9 Å². The highest BCUT2D eigenvalue weighted by atomic mass is 16.7. The van der Waals surface area contributed by atoms with Crippen LogP contribution in [0.25, 0.3) is 0 Å². The third-order valence-electron chi connectivity index (χ3n) is 4.93. The summed E-state index contributed by atoms with van der Waals surface area (Å²) in [6.45, 7) is 1.49. The van der Waals surface area contributed by atoms with Gasteiger partial charge in [-0.3, -0.25) is 10.6 Å². The lowest BCUT2D eigenvalue weighted by atomic mass is 9.89. The Bertz CT molecular complexity index is 511. The lowest BCUT2D eigenvalue weighted by Crippen LogP contribution is -2.36. The van der Waals surface area contributed by atoms with Crippen LogP contribution < -0.4 is 17.0 Å². The Hall–Kier alpha value is -1.96. The fourth-order valence-corrected chi connectivity index (χ4v) is 3.48. The second-order valence-corrected chi connectivity index (χ2v) is 7.01. The fourth-order valence-electron chi connectivity index (χ4n) is 3.48. The number of nitrogens with one attached hydrogen (secondary N) is 1. The molecule has 0 bridgehead atoms. The predicted molar refractivity (Wildman–Crippen MR) is 94.7 cm³/mol. The molecule has 1 atom stereocenters. The van der Waals surface area contributed by atoms with E-state index in [2.05, 4.69) is 5.43 Å². The number of esters is 2. The summed E-state index contributed by atoms with van der Waals surface area (Å²) in [6, 6.07) is 0. The summed E-state index contributed by atoms with van der Waals surface area (Å²) in [5.74, 6) is 4.03. The Morgan fingerprint density at radius 1 is 0.962 bits per heavy atom. The van der Waals surface area contributed by atoms with E-state index in [0.717, 1.165) is 57.8 Å². The van der Waals surface area contributed by atoms with Gasteiger partial charge in [0.05, 0.1) is 5.92 Å². The smallest absolute Gasteiger partial charge is 0.364 e. The maximum Gasteiger partial charge on any atom is 0.364 e. The quantitative estimate of drug-likeness (QED) is 0.155. The molecule has 0 saturated heterocycles. The number of rotatable bonds is 7. The van der Waals surface area contributed by atoms with Gasteiger partial charge in [-0.2, -0.15) is 0 Å². The molecule has 1 unspecified atom stereocenters. The van der Waals surface area contributed by atoms with Crippen molar-refractivity contribution in [2.24, 2.45) is 17.5 Å². The molecule has 8 nitrogen and oxygen atoms in total. The molecule has 0 aromatic heterocycles. The zero-order valence-electron chi connectivity index (χ0n) is 15.5. The minimum atomic E-state index is -1.03. The summed E-state index contributed by atoms with van der Waals surface area (Å²) in [4.78, 5) is 24.4. The SMILES string of the molecule is CC(OC(=O)/C(NN)=C(/N)OC1CCCCC1)OC(=O)C1CCCCC1. The Morgan fingerprint density at radius 2 is 1.54 bits per heavy atom. The summed E-state index contributed by atoms with van der Waals surface area (Å²) >= 11 is 0. The first-order valence-electron chi connectivity index (χ1n) is 9.55. The number of hydrazine groups is 1. The monoisotopic (exact) mass is 369 g/mol. The number of hydrogen-bond acceptors (Lipinski definition) is 8. The Kier molecular flexibility index (Phi) is 8.03. The summed E-state index contributed by atoms with van der Waals surface area (Å²) in [5.41, 5.74) is 7.92. The molecule has 0 aliphatic heterocycles. The van der Waals surface area contributed by atoms with Gasteiger partial charge in [0.25, 0.3) is 0 Å². The summed E-state index contributed by atoms with van der Waals surface area (Å²) in [5, 5.41) is 0. The standard InChI is InChI=1S/C18H31N3O5/c1-12(24-17(22)13-8-4-2-5-9-13)25-18(23)15(21-20)16(19)26-14-10-6-3-7-11-14/h12-14,21H,2-11,19-20H2,1H3/b16-15+. The highest BCUT2D eigenvalue weighted by Gasteiger charge is 2.27. The molecule has 2 saturated carbocycles. The van der Waals surface area contributed by atoms with Crippen molar-refractivity contribution < 1.29 is 23.8 Å². The minimum Gasteiger partial charge on any atom is -0.474 e. The van der Waals surface area contributed by atoms with Gasteiger partial charge >= 0.3 is 11.9 Å². The molecular weight excluding hydrogens is 338 g/mol. The first-order valence-corrected chi connectivity index (χ1v) is 9.55. The van der Waals surface area contributed by atoms with Crippen molar-refractivity contribution in [1.82, 2.24) is 5.43 Å². The summed E-state index contributed by atoms with van der Waals surface area (Å²) in [6.07, 6.45) is 8.87. The van der Waals surface area contributed by atoms with Gasteiger partial charge in [-0.05, 0) is 38.5 Å². The van der Waals surface area contributed by atoms with E-state index < -0.39 is 12.3 Å². The van der Waals surface area contributed by atoms with Gasteiger partial charge < -0.3 is 25.4 Å². The predicted octanol–water partition coefficient (Wildman–Crippen LogP) is 1.94. The van der Waals surface area contributed by atoms with Crippen molar-refractivity contribution in [1.29, 1.82) is 0 Å².